The summed E-state index contributed by atoms with van der Waals surface area (Å²) in [6.07, 6.45) is 2.04. The third-order valence-electron chi connectivity index (χ3n) is 1.95. The lowest BCUT2D eigenvalue weighted by molar-refractivity contribution is 0.135. The van der Waals surface area contributed by atoms with Gasteiger partial charge in [0.05, 0.1) is 0 Å². The molecule has 2 heteroatoms. The van der Waals surface area contributed by atoms with Crippen molar-refractivity contribution in [2.24, 2.45) is 0 Å². The molecule has 1 aromatic heterocycles. The fraction of sp³-hybridized carbons (Fsp3) is 0.200. The van der Waals surface area contributed by atoms with E-state index < -0.39 is 0 Å². The van der Waals surface area contributed by atoms with Gasteiger partial charge < -0.3 is 9.30 Å². The van der Waals surface area contributed by atoms with E-state index in [0.29, 0.717) is 6.73 Å². The van der Waals surface area contributed by atoms with Crippen LogP contribution in [0.15, 0.2) is 36.5 Å². The zero-order valence-electron chi connectivity index (χ0n) is 7.03. The van der Waals surface area contributed by atoms with Crippen LogP contribution in [0.3, 0.4) is 0 Å². The van der Waals surface area contributed by atoms with E-state index in [4.69, 9.17) is 4.74 Å². The molecule has 0 aliphatic carbocycles. The molecule has 0 bridgehead atoms. The maximum absolute atomic E-state index is 5.06. The Morgan fingerprint density at radius 2 is 2.08 bits per heavy atom. The molecule has 2 aromatic rings. The molecule has 0 saturated carbocycles. The van der Waals surface area contributed by atoms with Gasteiger partial charge in [-0.25, -0.2) is 0 Å². The molecular formula is C10H11NO. The minimum Gasteiger partial charge on any atom is -0.364 e. The Morgan fingerprint density at radius 1 is 1.25 bits per heavy atom. The van der Waals surface area contributed by atoms with Crippen molar-refractivity contribution in [1.82, 2.24) is 4.57 Å². The van der Waals surface area contributed by atoms with Crippen molar-refractivity contribution >= 4 is 10.9 Å². The number of hydrogen-bond acceptors (Lipinski definition) is 1. The third-order valence-corrected chi connectivity index (χ3v) is 1.95. The van der Waals surface area contributed by atoms with Crippen LogP contribution in [-0.4, -0.2) is 11.7 Å². The standard InChI is InChI=1S/C10H11NO/c1-12-8-11-7-6-9-4-2-3-5-10(9)11/h2-7H,8H2,1H3. The van der Waals surface area contributed by atoms with Gasteiger partial charge in [0.15, 0.2) is 0 Å². The minimum absolute atomic E-state index is 0.619. The summed E-state index contributed by atoms with van der Waals surface area (Å²) in [5, 5.41) is 1.26. The average Bonchev–Trinajstić information content (AvgIpc) is 2.50. The number of hydrogen-bond donors (Lipinski definition) is 0. The summed E-state index contributed by atoms with van der Waals surface area (Å²) in [7, 11) is 1.70. The summed E-state index contributed by atoms with van der Waals surface area (Å²) < 4.78 is 7.14. The van der Waals surface area contributed by atoms with Gasteiger partial charge in [-0.3, -0.25) is 0 Å². The van der Waals surface area contributed by atoms with Gasteiger partial charge in [0.2, 0.25) is 0 Å². The lowest BCUT2D eigenvalue weighted by Gasteiger charge is -2.01. The maximum Gasteiger partial charge on any atom is 0.122 e. The first-order chi connectivity index (χ1) is 5.92. The smallest absolute Gasteiger partial charge is 0.122 e. The fourth-order valence-corrected chi connectivity index (χ4v) is 1.39. The van der Waals surface area contributed by atoms with E-state index in [2.05, 4.69) is 22.8 Å². The molecule has 0 radical (unpaired) electrons. The molecule has 0 fully saturated rings. The van der Waals surface area contributed by atoms with Gasteiger partial charge in [0.1, 0.15) is 6.73 Å². The van der Waals surface area contributed by atoms with Gasteiger partial charge >= 0.3 is 0 Å². The summed E-state index contributed by atoms with van der Waals surface area (Å²) >= 11 is 0. The number of methoxy groups -OCH3 is 1. The molecule has 0 atom stereocenters. The second-order valence-electron chi connectivity index (χ2n) is 2.76. The van der Waals surface area contributed by atoms with Crippen molar-refractivity contribution in [2.75, 3.05) is 7.11 Å². The Labute approximate surface area is 71.4 Å². The van der Waals surface area contributed by atoms with Crippen molar-refractivity contribution in [1.29, 1.82) is 0 Å². The van der Waals surface area contributed by atoms with Gasteiger partial charge in [-0.1, -0.05) is 18.2 Å². The van der Waals surface area contributed by atoms with E-state index in [-0.39, 0.29) is 0 Å². The maximum atomic E-state index is 5.06. The Hall–Kier alpha value is -1.28. The Kier molecular flexibility index (Phi) is 1.84. The summed E-state index contributed by atoms with van der Waals surface area (Å²) in [5.41, 5.74) is 1.22. The van der Waals surface area contributed by atoms with Crippen LogP contribution in [0.2, 0.25) is 0 Å². The van der Waals surface area contributed by atoms with Crippen LogP contribution in [0.25, 0.3) is 10.9 Å². The molecule has 0 aliphatic heterocycles. The molecular weight excluding hydrogens is 150 g/mol. The molecule has 0 spiro atoms. The second kappa shape index (κ2) is 2.99. The summed E-state index contributed by atoms with van der Waals surface area (Å²) in [6.45, 7) is 0.619. The molecule has 0 saturated heterocycles. The number of ether oxygens (including phenoxy) is 1. The Bertz CT molecular complexity index is 378. The molecule has 12 heavy (non-hydrogen) atoms. The summed E-state index contributed by atoms with van der Waals surface area (Å²) in [5.74, 6) is 0. The molecule has 1 aromatic carbocycles. The quantitative estimate of drug-likeness (QED) is 0.658. The van der Waals surface area contributed by atoms with E-state index in [1.54, 1.807) is 7.11 Å². The van der Waals surface area contributed by atoms with Crippen molar-refractivity contribution in [3.63, 3.8) is 0 Å². The molecule has 0 unspecified atom stereocenters. The van der Waals surface area contributed by atoms with Crippen LogP contribution in [0, 0.1) is 0 Å². The highest BCUT2D eigenvalue weighted by Gasteiger charge is 1.96. The predicted molar refractivity (Wildman–Crippen MR) is 48.9 cm³/mol. The first-order valence-corrected chi connectivity index (χ1v) is 3.94. The van der Waals surface area contributed by atoms with Crippen LogP contribution >= 0.6 is 0 Å². The van der Waals surface area contributed by atoms with Crippen LogP contribution in [0.4, 0.5) is 0 Å². The lowest BCUT2D eigenvalue weighted by Crippen LogP contribution is -1.96. The average molecular weight is 161 g/mol. The SMILES string of the molecule is COCn1ccc2ccccc21. The molecule has 2 nitrogen and oxygen atoms in total. The third kappa shape index (κ3) is 1.10. The molecule has 0 amide bonds. The van der Waals surface area contributed by atoms with E-state index >= 15 is 0 Å². The molecule has 62 valence electrons. The second-order valence-corrected chi connectivity index (χ2v) is 2.76. The fourth-order valence-electron chi connectivity index (χ4n) is 1.39. The first kappa shape index (κ1) is 7.37. The number of benzene rings is 1. The Balaban J connectivity index is 2.55. The van der Waals surface area contributed by atoms with Crippen molar-refractivity contribution < 1.29 is 4.74 Å². The van der Waals surface area contributed by atoms with E-state index in [0.717, 1.165) is 0 Å². The molecule has 2 rings (SSSR count). The highest BCUT2D eigenvalue weighted by Crippen LogP contribution is 2.14. The van der Waals surface area contributed by atoms with Crippen molar-refractivity contribution in [2.45, 2.75) is 6.73 Å². The number of rotatable bonds is 2. The van der Waals surface area contributed by atoms with Gasteiger partial charge in [0.25, 0.3) is 0 Å². The lowest BCUT2D eigenvalue weighted by atomic mass is 10.2. The van der Waals surface area contributed by atoms with Gasteiger partial charge in [0, 0.05) is 18.8 Å². The normalized spacial score (nSPS) is 10.8. The van der Waals surface area contributed by atoms with Crippen LogP contribution < -0.4 is 0 Å². The van der Waals surface area contributed by atoms with E-state index in [1.807, 2.05) is 18.3 Å². The molecule has 0 N–H and O–H groups in total. The van der Waals surface area contributed by atoms with Gasteiger partial charge in [-0.2, -0.15) is 0 Å². The highest BCUT2D eigenvalue weighted by molar-refractivity contribution is 5.79. The number of aromatic nitrogens is 1. The highest BCUT2D eigenvalue weighted by atomic mass is 16.5. The topological polar surface area (TPSA) is 14.2 Å². The number of nitrogens with zero attached hydrogens (tertiary/aromatic N) is 1. The first-order valence-electron chi connectivity index (χ1n) is 3.94. The largest absolute Gasteiger partial charge is 0.364 e. The van der Waals surface area contributed by atoms with Crippen molar-refractivity contribution in [3.8, 4) is 0 Å². The molecule has 1 heterocycles. The van der Waals surface area contributed by atoms with Gasteiger partial charge in [-0.15, -0.1) is 0 Å². The van der Waals surface area contributed by atoms with Crippen LogP contribution in [0.5, 0.6) is 0 Å². The summed E-state index contributed by atoms with van der Waals surface area (Å²) in [4.78, 5) is 0. The Morgan fingerprint density at radius 3 is 2.92 bits per heavy atom. The predicted octanol–water partition coefficient (Wildman–Crippen LogP) is 2.25. The van der Waals surface area contributed by atoms with Crippen molar-refractivity contribution in [3.05, 3.63) is 36.5 Å². The van der Waals surface area contributed by atoms with E-state index in [1.165, 1.54) is 10.9 Å². The van der Waals surface area contributed by atoms with Gasteiger partial charge in [-0.05, 0) is 17.5 Å². The van der Waals surface area contributed by atoms with Crippen LogP contribution in [0.1, 0.15) is 0 Å². The molecule has 0 aliphatic rings. The number of fused-ring (bicyclic) bond motifs is 1. The minimum atomic E-state index is 0.619. The number of para-hydroxylation sites is 1. The monoisotopic (exact) mass is 161 g/mol. The van der Waals surface area contributed by atoms with E-state index in [9.17, 15) is 0 Å². The summed E-state index contributed by atoms with van der Waals surface area (Å²) in [6, 6.07) is 10.4. The van der Waals surface area contributed by atoms with Crippen LogP contribution in [-0.2, 0) is 11.5 Å². The zero-order chi connectivity index (χ0) is 8.39. The zero-order valence-corrected chi connectivity index (χ0v) is 7.03.